The van der Waals surface area contributed by atoms with E-state index in [0.29, 0.717) is 6.42 Å². The lowest BCUT2D eigenvalue weighted by molar-refractivity contribution is -0.142. The van der Waals surface area contributed by atoms with Gasteiger partial charge in [-0.25, -0.2) is 4.79 Å². The average Bonchev–Trinajstić information content (AvgIpc) is 2.17. The molecule has 0 fully saturated rings. The molecular weight excluding hydrogens is 206 g/mol. The number of carbonyl (C=O) groups excluding carboxylic acids is 1. The minimum absolute atomic E-state index is 0.0994. The number of hydrogen-bond acceptors (Lipinski definition) is 2. The summed E-state index contributed by atoms with van der Waals surface area (Å²) in [6, 6.07) is 6.91. The molecule has 1 aromatic carbocycles. The molecule has 2 rings (SSSR count). The Morgan fingerprint density at radius 1 is 1.44 bits per heavy atom. The molecule has 0 saturated heterocycles. The van der Waals surface area contributed by atoms with Crippen LogP contribution in [0.1, 0.15) is 24.0 Å². The van der Waals surface area contributed by atoms with Crippen molar-refractivity contribution < 1.29 is 14.7 Å². The summed E-state index contributed by atoms with van der Waals surface area (Å²) in [6.07, 6.45) is 0.716. The molecule has 0 unspecified atom stereocenters. The van der Waals surface area contributed by atoms with Gasteiger partial charge >= 0.3 is 5.97 Å². The van der Waals surface area contributed by atoms with Crippen molar-refractivity contribution in [1.29, 1.82) is 0 Å². The highest BCUT2D eigenvalue weighted by Crippen LogP contribution is 2.37. The third kappa shape index (κ3) is 1.78. The van der Waals surface area contributed by atoms with E-state index in [1.165, 1.54) is 12.5 Å². The molecule has 0 heterocycles. The first-order chi connectivity index (χ1) is 7.59. The fourth-order valence-electron chi connectivity index (χ4n) is 2.15. The third-order valence-electron chi connectivity index (χ3n) is 2.92. The second-order valence-corrected chi connectivity index (χ2v) is 4.03. The summed E-state index contributed by atoms with van der Waals surface area (Å²) in [4.78, 5) is 22.0. The number of carboxylic acid groups (broad SMARTS) is 1. The van der Waals surface area contributed by atoms with E-state index in [9.17, 15) is 9.59 Å². The number of carbonyl (C=O) groups is 2. The molecule has 84 valence electrons. The van der Waals surface area contributed by atoms with E-state index in [1.54, 1.807) is 0 Å². The average molecular weight is 219 g/mol. The molecular formula is C12H13NO3. The van der Waals surface area contributed by atoms with Crippen LogP contribution >= 0.6 is 0 Å². The van der Waals surface area contributed by atoms with E-state index < -0.39 is 12.0 Å². The molecule has 2 atom stereocenters. The Hall–Kier alpha value is -1.84. The molecule has 0 radical (unpaired) electrons. The fraction of sp³-hybridized carbons (Fsp3) is 0.333. The van der Waals surface area contributed by atoms with Crippen LogP contribution < -0.4 is 5.32 Å². The van der Waals surface area contributed by atoms with Gasteiger partial charge in [0.05, 0.1) is 0 Å². The summed E-state index contributed by atoms with van der Waals surface area (Å²) in [5.41, 5.74) is 2.20. The highest BCUT2D eigenvalue weighted by atomic mass is 16.4. The van der Waals surface area contributed by atoms with Crippen molar-refractivity contribution >= 4 is 11.9 Å². The van der Waals surface area contributed by atoms with Crippen molar-refractivity contribution in [3.8, 4) is 0 Å². The van der Waals surface area contributed by atoms with Gasteiger partial charge in [-0.15, -0.1) is 0 Å². The molecule has 4 heteroatoms. The summed E-state index contributed by atoms with van der Waals surface area (Å²) in [7, 11) is 0. The first-order valence-electron chi connectivity index (χ1n) is 5.17. The number of aliphatic carboxylic acids is 1. The molecule has 1 aliphatic rings. The van der Waals surface area contributed by atoms with Crippen molar-refractivity contribution in [2.45, 2.75) is 25.3 Å². The largest absolute Gasteiger partial charge is 0.480 e. The van der Waals surface area contributed by atoms with Crippen molar-refractivity contribution in [3.63, 3.8) is 0 Å². The summed E-state index contributed by atoms with van der Waals surface area (Å²) in [6.45, 7) is 1.33. The van der Waals surface area contributed by atoms with Crippen LogP contribution in [-0.4, -0.2) is 23.0 Å². The second-order valence-electron chi connectivity index (χ2n) is 4.03. The standard InChI is InChI=1S/C12H13NO3/c1-7(14)13-11(12(15)16)10-6-8-4-2-3-5-9(8)10/h2-5,10-11H,6H2,1H3,(H,13,14)(H,15,16)/t10-,11+/m0/s1. The molecule has 0 bridgehead atoms. The van der Waals surface area contributed by atoms with Crippen LogP contribution in [0.4, 0.5) is 0 Å². The SMILES string of the molecule is CC(=O)N[C@@H](C(=O)O)[C@H]1Cc2ccccc21. The zero-order chi connectivity index (χ0) is 11.7. The zero-order valence-corrected chi connectivity index (χ0v) is 8.93. The minimum atomic E-state index is -0.977. The van der Waals surface area contributed by atoms with Gasteiger partial charge in [0.2, 0.25) is 5.91 Å². The predicted octanol–water partition coefficient (Wildman–Crippen LogP) is 0.916. The molecule has 2 N–H and O–H groups in total. The molecule has 16 heavy (non-hydrogen) atoms. The van der Waals surface area contributed by atoms with Gasteiger partial charge < -0.3 is 10.4 Å². The quantitative estimate of drug-likeness (QED) is 0.794. The summed E-state index contributed by atoms with van der Waals surface area (Å²) in [5.74, 6) is -1.39. The van der Waals surface area contributed by atoms with Gasteiger partial charge in [0.25, 0.3) is 0 Å². The van der Waals surface area contributed by atoms with E-state index in [4.69, 9.17) is 5.11 Å². The number of benzene rings is 1. The van der Waals surface area contributed by atoms with E-state index in [1.807, 2.05) is 24.3 Å². The second kappa shape index (κ2) is 3.96. The molecule has 0 saturated carbocycles. The molecule has 0 spiro atoms. The van der Waals surface area contributed by atoms with Gasteiger partial charge in [0, 0.05) is 12.8 Å². The van der Waals surface area contributed by atoms with E-state index in [0.717, 1.165) is 5.56 Å². The Kier molecular flexibility index (Phi) is 2.64. The Bertz CT molecular complexity index is 442. The van der Waals surface area contributed by atoms with Crippen LogP contribution in [-0.2, 0) is 16.0 Å². The maximum absolute atomic E-state index is 11.1. The van der Waals surface area contributed by atoms with Crippen LogP contribution in [0.2, 0.25) is 0 Å². The van der Waals surface area contributed by atoms with Gasteiger partial charge in [-0.2, -0.15) is 0 Å². The van der Waals surface area contributed by atoms with Gasteiger partial charge in [0.1, 0.15) is 6.04 Å². The smallest absolute Gasteiger partial charge is 0.326 e. The monoisotopic (exact) mass is 219 g/mol. The number of rotatable bonds is 3. The predicted molar refractivity (Wildman–Crippen MR) is 58.1 cm³/mol. The lowest BCUT2D eigenvalue weighted by Crippen LogP contribution is -2.47. The highest BCUT2D eigenvalue weighted by Gasteiger charge is 2.37. The van der Waals surface area contributed by atoms with E-state index >= 15 is 0 Å². The lowest BCUT2D eigenvalue weighted by Gasteiger charge is -2.34. The molecule has 0 aromatic heterocycles. The first kappa shape index (κ1) is 10.7. The van der Waals surface area contributed by atoms with Crippen molar-refractivity contribution in [2.75, 3.05) is 0 Å². The Morgan fingerprint density at radius 2 is 2.12 bits per heavy atom. The van der Waals surface area contributed by atoms with Crippen molar-refractivity contribution in [3.05, 3.63) is 35.4 Å². The molecule has 1 aliphatic carbocycles. The number of amides is 1. The molecule has 1 amide bonds. The Labute approximate surface area is 93.3 Å². The van der Waals surface area contributed by atoms with Crippen molar-refractivity contribution in [2.24, 2.45) is 0 Å². The van der Waals surface area contributed by atoms with E-state index in [2.05, 4.69) is 5.32 Å². The van der Waals surface area contributed by atoms with Gasteiger partial charge in [-0.3, -0.25) is 4.79 Å². The molecule has 4 nitrogen and oxygen atoms in total. The molecule has 1 aromatic rings. The van der Waals surface area contributed by atoms with Crippen LogP contribution in [0.3, 0.4) is 0 Å². The maximum Gasteiger partial charge on any atom is 0.326 e. The van der Waals surface area contributed by atoms with Gasteiger partial charge in [0.15, 0.2) is 0 Å². The first-order valence-corrected chi connectivity index (χ1v) is 5.17. The summed E-state index contributed by atoms with van der Waals surface area (Å²) >= 11 is 0. The molecule has 0 aliphatic heterocycles. The topological polar surface area (TPSA) is 66.4 Å². The van der Waals surface area contributed by atoms with Crippen LogP contribution in [0, 0.1) is 0 Å². The fourth-order valence-corrected chi connectivity index (χ4v) is 2.15. The normalized spacial score (nSPS) is 19.2. The number of hydrogen-bond donors (Lipinski definition) is 2. The third-order valence-corrected chi connectivity index (χ3v) is 2.92. The van der Waals surface area contributed by atoms with E-state index in [-0.39, 0.29) is 11.8 Å². The van der Waals surface area contributed by atoms with Gasteiger partial charge in [-0.05, 0) is 17.5 Å². The van der Waals surface area contributed by atoms with Crippen LogP contribution in [0.5, 0.6) is 0 Å². The summed E-state index contributed by atoms with van der Waals surface area (Å²) < 4.78 is 0. The van der Waals surface area contributed by atoms with Crippen LogP contribution in [0.25, 0.3) is 0 Å². The van der Waals surface area contributed by atoms with Gasteiger partial charge in [-0.1, -0.05) is 24.3 Å². The number of fused-ring (bicyclic) bond motifs is 1. The number of carboxylic acids is 1. The Morgan fingerprint density at radius 3 is 2.69 bits per heavy atom. The number of nitrogens with one attached hydrogen (secondary N) is 1. The highest BCUT2D eigenvalue weighted by molar-refractivity contribution is 5.83. The lowest BCUT2D eigenvalue weighted by atomic mass is 9.73. The Balaban J connectivity index is 2.19. The minimum Gasteiger partial charge on any atom is -0.480 e. The van der Waals surface area contributed by atoms with Crippen molar-refractivity contribution in [1.82, 2.24) is 5.32 Å². The maximum atomic E-state index is 11.1. The zero-order valence-electron chi connectivity index (χ0n) is 8.93. The van der Waals surface area contributed by atoms with Crippen LogP contribution in [0.15, 0.2) is 24.3 Å². The summed E-state index contributed by atoms with van der Waals surface area (Å²) in [5, 5.41) is 11.6.